The maximum Gasteiger partial charge on any atom is 0.223 e. The average molecular weight is 255 g/mol. The van der Waals surface area contributed by atoms with Gasteiger partial charge in [-0.2, -0.15) is 0 Å². The van der Waals surface area contributed by atoms with Crippen molar-refractivity contribution in [2.24, 2.45) is 0 Å². The molecule has 2 rings (SSSR count). The SMILES string of the molecule is O[C@@H](c1ccccc1)c1cnc(Cl)nc1Cl. The van der Waals surface area contributed by atoms with E-state index in [9.17, 15) is 5.11 Å². The lowest BCUT2D eigenvalue weighted by Crippen LogP contribution is -2.02. The van der Waals surface area contributed by atoms with Crippen LogP contribution in [-0.4, -0.2) is 15.1 Å². The molecule has 1 N–H and O–H groups in total. The van der Waals surface area contributed by atoms with Crippen molar-refractivity contribution >= 4 is 23.2 Å². The molecule has 16 heavy (non-hydrogen) atoms. The molecule has 0 saturated heterocycles. The molecule has 0 radical (unpaired) electrons. The fourth-order valence-electron chi connectivity index (χ4n) is 1.35. The third kappa shape index (κ3) is 2.32. The topological polar surface area (TPSA) is 46.0 Å². The number of nitrogens with zero attached hydrogens (tertiary/aromatic N) is 2. The van der Waals surface area contributed by atoms with Gasteiger partial charge in [0.05, 0.1) is 0 Å². The number of aliphatic hydroxyl groups is 1. The maximum absolute atomic E-state index is 10.1. The summed E-state index contributed by atoms with van der Waals surface area (Å²) in [6, 6.07) is 9.15. The van der Waals surface area contributed by atoms with Crippen molar-refractivity contribution in [3.8, 4) is 0 Å². The fraction of sp³-hybridized carbons (Fsp3) is 0.0909. The summed E-state index contributed by atoms with van der Waals surface area (Å²) in [6.45, 7) is 0. The maximum atomic E-state index is 10.1. The largest absolute Gasteiger partial charge is 0.383 e. The molecule has 82 valence electrons. The van der Waals surface area contributed by atoms with Gasteiger partial charge in [0.1, 0.15) is 11.3 Å². The van der Waals surface area contributed by atoms with Crippen molar-refractivity contribution in [1.29, 1.82) is 0 Å². The van der Waals surface area contributed by atoms with Crippen LogP contribution in [0.25, 0.3) is 0 Å². The van der Waals surface area contributed by atoms with Gasteiger partial charge in [0.2, 0.25) is 5.28 Å². The summed E-state index contributed by atoms with van der Waals surface area (Å²) in [6.07, 6.45) is 0.584. The molecule has 1 aromatic carbocycles. The number of benzene rings is 1. The van der Waals surface area contributed by atoms with E-state index in [1.54, 1.807) is 12.1 Å². The minimum Gasteiger partial charge on any atom is -0.383 e. The van der Waals surface area contributed by atoms with Gasteiger partial charge in [0.25, 0.3) is 0 Å². The van der Waals surface area contributed by atoms with E-state index in [4.69, 9.17) is 23.2 Å². The summed E-state index contributed by atoms with van der Waals surface area (Å²) in [4.78, 5) is 7.58. The van der Waals surface area contributed by atoms with Crippen molar-refractivity contribution in [3.63, 3.8) is 0 Å². The summed E-state index contributed by atoms with van der Waals surface area (Å²) in [5, 5.41) is 10.3. The molecule has 3 nitrogen and oxygen atoms in total. The summed E-state index contributed by atoms with van der Waals surface area (Å²) < 4.78 is 0. The molecular weight excluding hydrogens is 247 g/mol. The Labute approximate surface area is 103 Å². The van der Waals surface area contributed by atoms with Gasteiger partial charge >= 0.3 is 0 Å². The number of rotatable bonds is 2. The zero-order chi connectivity index (χ0) is 11.5. The van der Waals surface area contributed by atoms with Crippen molar-refractivity contribution in [2.75, 3.05) is 0 Å². The average Bonchev–Trinajstić information content (AvgIpc) is 2.29. The Morgan fingerprint density at radius 1 is 1.12 bits per heavy atom. The summed E-state index contributed by atoms with van der Waals surface area (Å²) in [7, 11) is 0. The standard InChI is InChI=1S/C11H8Cl2N2O/c12-10-8(6-14-11(13)15-10)9(16)7-4-2-1-3-5-7/h1-6,9,16H/t9-/m0/s1. The number of aromatic nitrogens is 2. The van der Waals surface area contributed by atoms with E-state index in [0.717, 1.165) is 5.56 Å². The van der Waals surface area contributed by atoms with Crippen molar-refractivity contribution in [2.45, 2.75) is 6.10 Å². The van der Waals surface area contributed by atoms with Crippen LogP contribution < -0.4 is 0 Å². The van der Waals surface area contributed by atoms with E-state index in [1.807, 2.05) is 18.2 Å². The van der Waals surface area contributed by atoms with Gasteiger partial charge < -0.3 is 5.11 Å². The molecule has 0 spiro atoms. The van der Waals surface area contributed by atoms with Crippen LogP contribution in [0, 0.1) is 0 Å². The van der Waals surface area contributed by atoms with Gasteiger partial charge in [0.15, 0.2) is 0 Å². The Morgan fingerprint density at radius 3 is 2.44 bits per heavy atom. The van der Waals surface area contributed by atoms with Gasteiger partial charge in [-0.15, -0.1) is 0 Å². The number of hydrogen-bond donors (Lipinski definition) is 1. The van der Waals surface area contributed by atoms with Crippen LogP contribution in [0.2, 0.25) is 10.4 Å². The van der Waals surface area contributed by atoms with E-state index >= 15 is 0 Å². The number of hydrogen-bond acceptors (Lipinski definition) is 3. The van der Waals surface area contributed by atoms with Gasteiger partial charge in [-0.05, 0) is 17.2 Å². The Kier molecular flexibility index (Phi) is 3.39. The highest BCUT2D eigenvalue weighted by atomic mass is 35.5. The normalized spacial score (nSPS) is 12.4. The summed E-state index contributed by atoms with van der Waals surface area (Å²) >= 11 is 11.5. The monoisotopic (exact) mass is 254 g/mol. The molecule has 0 unspecified atom stereocenters. The Morgan fingerprint density at radius 2 is 1.81 bits per heavy atom. The lowest BCUT2D eigenvalue weighted by Gasteiger charge is -2.11. The van der Waals surface area contributed by atoms with Crippen LogP contribution in [0.4, 0.5) is 0 Å². The second-order valence-corrected chi connectivity index (χ2v) is 3.89. The van der Waals surface area contributed by atoms with E-state index in [2.05, 4.69) is 9.97 Å². The lowest BCUT2D eigenvalue weighted by molar-refractivity contribution is 0.219. The third-order valence-electron chi connectivity index (χ3n) is 2.15. The molecule has 0 amide bonds. The summed E-state index contributed by atoms with van der Waals surface area (Å²) in [5.41, 5.74) is 1.17. The molecule has 0 aliphatic carbocycles. The first-order valence-corrected chi connectivity index (χ1v) is 5.35. The second-order valence-electron chi connectivity index (χ2n) is 3.20. The number of aliphatic hydroxyl groups excluding tert-OH is 1. The molecule has 0 aliphatic heterocycles. The highest BCUT2D eigenvalue weighted by Crippen LogP contribution is 2.26. The minimum absolute atomic E-state index is 0.0639. The molecule has 1 heterocycles. The van der Waals surface area contributed by atoms with Crippen LogP contribution in [-0.2, 0) is 0 Å². The van der Waals surface area contributed by atoms with Gasteiger partial charge in [-0.25, -0.2) is 9.97 Å². The Balaban J connectivity index is 2.38. The fourth-order valence-corrected chi connectivity index (χ4v) is 1.76. The van der Waals surface area contributed by atoms with Crippen LogP contribution in [0.5, 0.6) is 0 Å². The molecular formula is C11H8Cl2N2O. The molecule has 0 aliphatic rings. The Hall–Kier alpha value is -1.16. The minimum atomic E-state index is -0.842. The third-order valence-corrected chi connectivity index (χ3v) is 2.63. The van der Waals surface area contributed by atoms with Crippen LogP contribution in [0.15, 0.2) is 36.5 Å². The number of halogens is 2. The summed E-state index contributed by atoms with van der Waals surface area (Å²) in [5.74, 6) is 0. The zero-order valence-electron chi connectivity index (χ0n) is 8.14. The zero-order valence-corrected chi connectivity index (χ0v) is 9.65. The lowest BCUT2D eigenvalue weighted by atomic mass is 10.0. The predicted molar refractivity (Wildman–Crippen MR) is 62.6 cm³/mol. The van der Waals surface area contributed by atoms with Gasteiger partial charge in [-0.1, -0.05) is 41.9 Å². The predicted octanol–water partition coefficient (Wildman–Crippen LogP) is 2.87. The van der Waals surface area contributed by atoms with Crippen molar-refractivity contribution in [3.05, 3.63) is 58.1 Å². The first-order chi connectivity index (χ1) is 7.68. The van der Waals surface area contributed by atoms with Crippen LogP contribution >= 0.6 is 23.2 Å². The van der Waals surface area contributed by atoms with Crippen LogP contribution in [0.3, 0.4) is 0 Å². The van der Waals surface area contributed by atoms with Gasteiger partial charge in [-0.3, -0.25) is 0 Å². The molecule has 0 fully saturated rings. The highest BCUT2D eigenvalue weighted by molar-refractivity contribution is 6.32. The first kappa shape index (κ1) is 11.3. The van der Waals surface area contributed by atoms with E-state index < -0.39 is 6.10 Å². The molecule has 0 saturated carbocycles. The molecule has 1 aromatic heterocycles. The van der Waals surface area contributed by atoms with Crippen molar-refractivity contribution in [1.82, 2.24) is 9.97 Å². The molecule has 1 atom stereocenters. The molecule has 0 bridgehead atoms. The van der Waals surface area contributed by atoms with Crippen LogP contribution in [0.1, 0.15) is 17.2 Å². The van der Waals surface area contributed by atoms with Crippen molar-refractivity contribution < 1.29 is 5.11 Å². The van der Waals surface area contributed by atoms with E-state index in [1.165, 1.54) is 6.20 Å². The van der Waals surface area contributed by atoms with Gasteiger partial charge in [0, 0.05) is 11.8 Å². The quantitative estimate of drug-likeness (QED) is 0.663. The highest BCUT2D eigenvalue weighted by Gasteiger charge is 2.15. The Bertz CT molecular complexity index is 491. The van der Waals surface area contributed by atoms with E-state index in [0.29, 0.717) is 5.56 Å². The molecule has 2 aromatic rings. The van der Waals surface area contributed by atoms with E-state index in [-0.39, 0.29) is 10.4 Å². The first-order valence-electron chi connectivity index (χ1n) is 4.59. The smallest absolute Gasteiger partial charge is 0.223 e. The molecule has 5 heteroatoms. The second kappa shape index (κ2) is 4.78.